The Hall–Kier alpha value is -4.34. The van der Waals surface area contributed by atoms with Crippen molar-refractivity contribution in [1.29, 1.82) is 0 Å². The van der Waals surface area contributed by atoms with Crippen molar-refractivity contribution in [2.24, 2.45) is 0 Å². The van der Waals surface area contributed by atoms with E-state index in [4.69, 9.17) is 21.1 Å². The third-order valence-corrected chi connectivity index (χ3v) is 9.13. The number of aryl methyl sites for hydroxylation is 1. The molecule has 0 saturated heterocycles. The van der Waals surface area contributed by atoms with E-state index in [2.05, 4.69) is 127 Å². The second-order valence-corrected chi connectivity index (χ2v) is 17.8. The van der Waals surface area contributed by atoms with Crippen LogP contribution in [-0.2, 0) is 38.2 Å². The second-order valence-electron chi connectivity index (χ2n) is 17.8. The Bertz CT molecular complexity index is 1970. The van der Waals surface area contributed by atoms with Gasteiger partial charge in [-0.05, 0) is 46.9 Å². The van der Waals surface area contributed by atoms with E-state index < -0.39 is 0 Å². The SMILES string of the molecule is Cc1ccccc1[N-]c1cc(C(C)(C)C)cc(C(C)(C)C)c1[NH-].[CH2-]c1c([N-]c2ccccc2Oc2ccccc2)cc(C(C)(C)C)cc1C(C)(C)C.[Ni]. The fraction of sp³-hybridized carbons (Fsp3) is 0.354. The first-order chi connectivity index (χ1) is 24.1. The summed E-state index contributed by atoms with van der Waals surface area (Å²) < 4.78 is 6.10. The van der Waals surface area contributed by atoms with Crippen molar-refractivity contribution in [1.82, 2.24) is 0 Å². The molecule has 5 rings (SSSR count). The van der Waals surface area contributed by atoms with Gasteiger partial charge in [0, 0.05) is 16.5 Å². The number of ether oxygens (including phenoxy) is 1. The Kier molecular flexibility index (Phi) is 13.6. The standard InChI is InChI=1S/C27H31NO.C21H28N2.Ni/c1-19-22(27(5,6)7)17-20(26(2,3)4)18-24(19)28-23-15-11-12-16-25(23)29-21-13-9-8-10-14-21;1-14-10-8-9-11-17(14)23-18-13-15(20(2,3)4)12-16(19(18)22)21(5,6)7;/h8-18H,1H2,2-7H3;8-13,22H,1-7H3;/q2*-2;. The molecule has 4 nitrogen and oxygen atoms in total. The predicted octanol–water partition coefficient (Wildman–Crippen LogP) is 16.2. The van der Waals surface area contributed by atoms with Crippen molar-refractivity contribution in [3.05, 3.63) is 160 Å². The molecule has 0 aliphatic rings. The molecule has 53 heavy (non-hydrogen) atoms. The van der Waals surface area contributed by atoms with Crippen LogP contribution in [0, 0.1) is 13.8 Å². The smallest absolute Gasteiger partial charge is 0.127 e. The van der Waals surface area contributed by atoms with E-state index in [0.29, 0.717) is 5.69 Å². The Morgan fingerprint density at radius 3 is 1.49 bits per heavy atom. The van der Waals surface area contributed by atoms with Crippen molar-refractivity contribution >= 4 is 28.4 Å². The van der Waals surface area contributed by atoms with Gasteiger partial charge in [0.15, 0.2) is 0 Å². The van der Waals surface area contributed by atoms with E-state index in [9.17, 15) is 0 Å². The van der Waals surface area contributed by atoms with Gasteiger partial charge in [0.05, 0.1) is 0 Å². The largest absolute Gasteiger partial charge is 0.713 e. The molecule has 0 radical (unpaired) electrons. The van der Waals surface area contributed by atoms with Crippen molar-refractivity contribution in [2.45, 2.75) is 112 Å². The van der Waals surface area contributed by atoms with E-state index in [-0.39, 0.29) is 38.2 Å². The van der Waals surface area contributed by atoms with Gasteiger partial charge in [-0.3, -0.25) is 0 Å². The number of nitrogens with zero attached hydrogens (tertiary/aromatic N) is 2. The van der Waals surface area contributed by atoms with E-state index in [1.54, 1.807) is 0 Å². The summed E-state index contributed by atoms with van der Waals surface area (Å²) in [5.74, 6) is 1.53. The van der Waals surface area contributed by atoms with E-state index in [1.165, 1.54) is 16.7 Å². The Morgan fingerprint density at radius 1 is 0.509 bits per heavy atom. The topological polar surface area (TPSA) is 61.2 Å². The van der Waals surface area contributed by atoms with E-state index in [0.717, 1.165) is 50.9 Å². The second kappa shape index (κ2) is 16.8. The van der Waals surface area contributed by atoms with Crippen LogP contribution in [0.25, 0.3) is 16.4 Å². The molecule has 0 fully saturated rings. The fourth-order valence-corrected chi connectivity index (χ4v) is 5.80. The first-order valence-corrected chi connectivity index (χ1v) is 18.3. The molecule has 1 N–H and O–H groups in total. The average molecular weight is 753 g/mol. The predicted molar refractivity (Wildman–Crippen MR) is 226 cm³/mol. The molecule has 5 aromatic carbocycles. The van der Waals surface area contributed by atoms with Crippen LogP contribution in [0.5, 0.6) is 11.5 Å². The molecule has 5 heteroatoms. The fourth-order valence-electron chi connectivity index (χ4n) is 5.80. The molecule has 0 atom stereocenters. The quantitative estimate of drug-likeness (QED) is 0.126. The van der Waals surface area contributed by atoms with Gasteiger partial charge in [-0.1, -0.05) is 178 Å². The molecule has 0 bridgehead atoms. The molecule has 0 spiro atoms. The van der Waals surface area contributed by atoms with Crippen molar-refractivity contribution in [3.63, 3.8) is 0 Å². The van der Waals surface area contributed by atoms with Crippen LogP contribution >= 0.6 is 0 Å². The van der Waals surface area contributed by atoms with Gasteiger partial charge in [-0.15, -0.1) is 29.1 Å². The number of para-hydroxylation sites is 4. The van der Waals surface area contributed by atoms with Gasteiger partial charge in [-0.25, -0.2) is 11.3 Å². The zero-order valence-electron chi connectivity index (χ0n) is 34.1. The van der Waals surface area contributed by atoms with Crippen LogP contribution in [0.4, 0.5) is 28.4 Å². The number of hydrogen-bond acceptors (Lipinski definition) is 1. The van der Waals surface area contributed by atoms with Crippen molar-refractivity contribution < 1.29 is 21.2 Å². The van der Waals surface area contributed by atoms with Crippen molar-refractivity contribution in [3.8, 4) is 11.5 Å². The normalized spacial score (nSPS) is 11.9. The molecule has 0 saturated carbocycles. The van der Waals surface area contributed by atoms with Crippen LogP contribution in [-0.4, -0.2) is 0 Å². The maximum Gasteiger partial charge on any atom is 0.127 e. The van der Waals surface area contributed by atoms with Crippen molar-refractivity contribution in [2.75, 3.05) is 0 Å². The van der Waals surface area contributed by atoms with Crippen LogP contribution in [0.1, 0.15) is 116 Å². The molecule has 0 aliphatic carbocycles. The van der Waals surface area contributed by atoms with Gasteiger partial charge in [-0.2, -0.15) is 18.3 Å². The van der Waals surface area contributed by atoms with Gasteiger partial charge in [0.25, 0.3) is 0 Å². The summed E-state index contributed by atoms with van der Waals surface area (Å²) in [6.45, 7) is 32.9. The van der Waals surface area contributed by atoms with Crippen LogP contribution in [0.15, 0.2) is 103 Å². The van der Waals surface area contributed by atoms with Gasteiger partial charge >= 0.3 is 0 Å². The summed E-state index contributed by atoms with van der Waals surface area (Å²) in [7, 11) is 0. The maximum absolute atomic E-state index is 8.63. The van der Waals surface area contributed by atoms with E-state index >= 15 is 0 Å². The molecule has 0 aromatic heterocycles. The average Bonchev–Trinajstić information content (AvgIpc) is 3.03. The molecule has 0 amide bonds. The first kappa shape index (κ1) is 43.1. The number of rotatable bonds is 6. The van der Waals surface area contributed by atoms with Crippen LogP contribution < -0.4 is 4.74 Å². The molecule has 0 heterocycles. The van der Waals surface area contributed by atoms with Gasteiger partial charge < -0.3 is 21.1 Å². The maximum atomic E-state index is 8.63. The van der Waals surface area contributed by atoms with Gasteiger partial charge in [0.1, 0.15) is 11.5 Å². The summed E-state index contributed by atoms with van der Waals surface area (Å²) in [6.07, 6.45) is 0. The summed E-state index contributed by atoms with van der Waals surface area (Å²) in [5.41, 5.74) is 19.4. The number of hydrogen-bond donors (Lipinski definition) is 0. The third-order valence-electron chi connectivity index (χ3n) is 9.13. The number of benzene rings is 5. The summed E-state index contributed by atoms with van der Waals surface area (Å²) in [5, 5.41) is 9.80. The zero-order valence-corrected chi connectivity index (χ0v) is 35.1. The molecular weight excluding hydrogens is 693 g/mol. The minimum atomic E-state index is -0.0751. The summed E-state index contributed by atoms with van der Waals surface area (Å²) >= 11 is 0. The minimum absolute atomic E-state index is 0. The van der Waals surface area contributed by atoms with E-state index in [1.807, 2.05) is 72.8 Å². The first-order valence-electron chi connectivity index (χ1n) is 18.3. The summed E-state index contributed by atoms with van der Waals surface area (Å²) in [6, 6.07) is 34.5. The third kappa shape index (κ3) is 11.3. The molecule has 0 unspecified atom stereocenters. The van der Waals surface area contributed by atoms with Gasteiger partial charge in [0.2, 0.25) is 0 Å². The number of nitrogens with one attached hydrogen (secondary N) is 1. The van der Waals surface area contributed by atoms with Crippen LogP contribution in [0.3, 0.4) is 0 Å². The Morgan fingerprint density at radius 2 is 0.962 bits per heavy atom. The molecule has 5 aromatic rings. The minimum Gasteiger partial charge on any atom is -0.713 e. The zero-order chi connectivity index (χ0) is 38.6. The Labute approximate surface area is 331 Å². The van der Waals surface area contributed by atoms with Crippen LogP contribution in [0.2, 0.25) is 0 Å². The molecule has 0 aliphatic heterocycles. The molecule has 286 valence electrons. The molecular formula is C48H59N3NiO-4. The monoisotopic (exact) mass is 751 g/mol. The summed E-state index contributed by atoms with van der Waals surface area (Å²) in [4.78, 5) is 0. The Balaban J connectivity index is 0.000000288.